The van der Waals surface area contributed by atoms with Crippen LogP contribution in [-0.2, 0) is 6.42 Å². The smallest absolute Gasteiger partial charge is 0.251 e. The number of tetrazole rings is 1. The highest BCUT2D eigenvalue weighted by Crippen LogP contribution is 2.13. The molecule has 0 unspecified atom stereocenters. The summed E-state index contributed by atoms with van der Waals surface area (Å²) in [4.78, 5) is 12.1. The van der Waals surface area contributed by atoms with Crippen molar-refractivity contribution in [2.24, 2.45) is 0 Å². The van der Waals surface area contributed by atoms with Gasteiger partial charge in [-0.25, -0.2) is 4.39 Å². The van der Waals surface area contributed by atoms with Crippen molar-refractivity contribution >= 4 is 5.91 Å². The fourth-order valence-corrected chi connectivity index (χ4v) is 2.17. The fraction of sp³-hybridized carbons (Fsp3) is 0.125. The van der Waals surface area contributed by atoms with Crippen molar-refractivity contribution in [3.63, 3.8) is 0 Å². The predicted molar refractivity (Wildman–Crippen MR) is 82.1 cm³/mol. The van der Waals surface area contributed by atoms with Crippen LogP contribution in [0, 0.1) is 5.82 Å². The molecular formula is C16H14FN5O. The van der Waals surface area contributed by atoms with Gasteiger partial charge in [0.15, 0.2) is 0 Å². The summed E-state index contributed by atoms with van der Waals surface area (Å²) >= 11 is 0. The molecule has 0 bridgehead atoms. The maximum absolute atomic E-state index is 13.1. The van der Waals surface area contributed by atoms with Gasteiger partial charge in [-0.05, 0) is 41.5 Å². The first-order chi connectivity index (χ1) is 11.2. The second-order valence-corrected chi connectivity index (χ2v) is 4.95. The van der Waals surface area contributed by atoms with Gasteiger partial charge in [0.25, 0.3) is 5.91 Å². The van der Waals surface area contributed by atoms with Gasteiger partial charge in [0, 0.05) is 17.7 Å². The van der Waals surface area contributed by atoms with Crippen LogP contribution in [0.3, 0.4) is 0 Å². The Morgan fingerprint density at radius 2 is 2.00 bits per heavy atom. The Hall–Kier alpha value is -3.09. The summed E-state index contributed by atoms with van der Waals surface area (Å²) in [5, 5.41) is 16.4. The average molecular weight is 311 g/mol. The zero-order valence-corrected chi connectivity index (χ0v) is 12.2. The number of H-pyrrole nitrogens is 1. The lowest BCUT2D eigenvalue weighted by molar-refractivity contribution is 0.0954. The Morgan fingerprint density at radius 3 is 2.70 bits per heavy atom. The zero-order valence-electron chi connectivity index (χ0n) is 12.2. The first kappa shape index (κ1) is 14.8. The third-order valence-corrected chi connectivity index (χ3v) is 3.34. The number of hydrogen-bond acceptors (Lipinski definition) is 4. The summed E-state index contributed by atoms with van der Waals surface area (Å²) in [6, 6.07) is 13.3. The number of nitrogens with zero attached hydrogens (tertiary/aromatic N) is 3. The second-order valence-electron chi connectivity index (χ2n) is 4.95. The van der Waals surface area contributed by atoms with Gasteiger partial charge in [0.1, 0.15) is 5.82 Å². The molecule has 1 heterocycles. The van der Waals surface area contributed by atoms with Gasteiger partial charge >= 0.3 is 0 Å². The molecule has 6 nitrogen and oxygen atoms in total. The monoisotopic (exact) mass is 311 g/mol. The van der Waals surface area contributed by atoms with Crippen molar-refractivity contribution in [3.8, 4) is 11.4 Å². The molecule has 1 amide bonds. The number of benzene rings is 2. The summed E-state index contributed by atoms with van der Waals surface area (Å²) < 4.78 is 13.1. The quantitative estimate of drug-likeness (QED) is 0.754. The third kappa shape index (κ3) is 3.76. The maximum Gasteiger partial charge on any atom is 0.251 e. The minimum Gasteiger partial charge on any atom is -0.352 e. The molecule has 7 heteroatoms. The highest BCUT2D eigenvalue weighted by molar-refractivity contribution is 5.94. The van der Waals surface area contributed by atoms with Gasteiger partial charge in [-0.15, -0.1) is 10.2 Å². The van der Waals surface area contributed by atoms with Gasteiger partial charge in [-0.1, -0.05) is 24.3 Å². The van der Waals surface area contributed by atoms with Crippen molar-refractivity contribution in [2.75, 3.05) is 6.54 Å². The lowest BCUT2D eigenvalue weighted by atomic mass is 10.1. The van der Waals surface area contributed by atoms with Gasteiger partial charge in [0.05, 0.1) is 0 Å². The van der Waals surface area contributed by atoms with Crippen LogP contribution in [0.4, 0.5) is 4.39 Å². The summed E-state index contributed by atoms with van der Waals surface area (Å²) in [5.74, 6) is 0.0232. The maximum atomic E-state index is 13.1. The standard InChI is InChI=1S/C16H14FN5O/c17-14-3-1-2-11(10-14)8-9-18-16(23)13-6-4-12(5-7-13)15-19-21-22-20-15/h1-7,10H,8-9H2,(H,18,23)(H,19,20,21,22). The highest BCUT2D eigenvalue weighted by Gasteiger charge is 2.07. The molecule has 3 rings (SSSR count). The molecule has 0 spiro atoms. The van der Waals surface area contributed by atoms with E-state index in [-0.39, 0.29) is 11.7 Å². The van der Waals surface area contributed by atoms with Crippen molar-refractivity contribution in [1.82, 2.24) is 25.9 Å². The van der Waals surface area contributed by atoms with Crippen molar-refractivity contribution in [1.29, 1.82) is 0 Å². The molecule has 1 aromatic heterocycles. The van der Waals surface area contributed by atoms with Crippen LogP contribution >= 0.6 is 0 Å². The number of rotatable bonds is 5. The average Bonchev–Trinajstić information content (AvgIpc) is 3.09. The number of aromatic nitrogens is 4. The molecular weight excluding hydrogens is 297 g/mol. The van der Waals surface area contributed by atoms with Crippen LogP contribution in [0.5, 0.6) is 0 Å². The van der Waals surface area contributed by atoms with Crippen molar-refractivity contribution in [3.05, 3.63) is 65.5 Å². The Bertz CT molecular complexity index is 786. The Morgan fingerprint density at radius 1 is 1.17 bits per heavy atom. The van der Waals surface area contributed by atoms with Gasteiger partial charge in [0.2, 0.25) is 5.82 Å². The molecule has 2 aromatic carbocycles. The molecule has 0 saturated heterocycles. The van der Waals surface area contributed by atoms with Crippen LogP contribution in [0.15, 0.2) is 48.5 Å². The fourth-order valence-electron chi connectivity index (χ4n) is 2.17. The summed E-state index contributed by atoms with van der Waals surface area (Å²) in [6.45, 7) is 0.439. The number of aromatic amines is 1. The van der Waals surface area contributed by atoms with Crippen LogP contribution < -0.4 is 5.32 Å². The van der Waals surface area contributed by atoms with Crippen LogP contribution in [0.2, 0.25) is 0 Å². The van der Waals surface area contributed by atoms with Crippen LogP contribution in [0.25, 0.3) is 11.4 Å². The predicted octanol–water partition coefficient (Wildman–Crippen LogP) is 1.98. The normalized spacial score (nSPS) is 10.5. The van der Waals surface area contributed by atoms with Crippen molar-refractivity contribution < 1.29 is 9.18 Å². The first-order valence-corrected chi connectivity index (χ1v) is 7.09. The molecule has 3 aromatic rings. The largest absolute Gasteiger partial charge is 0.352 e. The minimum absolute atomic E-state index is 0.180. The van der Waals surface area contributed by atoms with Crippen LogP contribution in [0.1, 0.15) is 15.9 Å². The topological polar surface area (TPSA) is 83.6 Å². The third-order valence-electron chi connectivity index (χ3n) is 3.34. The van der Waals surface area contributed by atoms with Gasteiger partial charge in [-0.2, -0.15) is 5.21 Å². The molecule has 0 radical (unpaired) electrons. The Labute approximate surface area is 131 Å². The van der Waals surface area contributed by atoms with Crippen LogP contribution in [-0.4, -0.2) is 33.1 Å². The van der Waals surface area contributed by atoms with Crippen molar-refractivity contribution in [2.45, 2.75) is 6.42 Å². The summed E-state index contributed by atoms with van der Waals surface area (Å²) in [6.07, 6.45) is 0.574. The molecule has 0 atom stereocenters. The number of carbonyl (C=O) groups excluding carboxylic acids is 1. The highest BCUT2D eigenvalue weighted by atomic mass is 19.1. The van der Waals surface area contributed by atoms with E-state index in [9.17, 15) is 9.18 Å². The SMILES string of the molecule is O=C(NCCc1cccc(F)c1)c1ccc(-c2nn[nH]n2)cc1. The van der Waals surface area contributed by atoms with E-state index in [1.54, 1.807) is 30.3 Å². The Kier molecular flexibility index (Phi) is 4.37. The van der Waals surface area contributed by atoms with Gasteiger partial charge in [-0.3, -0.25) is 4.79 Å². The molecule has 23 heavy (non-hydrogen) atoms. The number of hydrogen-bond donors (Lipinski definition) is 2. The molecule has 2 N–H and O–H groups in total. The lowest BCUT2D eigenvalue weighted by Gasteiger charge is -2.06. The molecule has 116 valence electrons. The van der Waals surface area contributed by atoms with E-state index in [1.165, 1.54) is 12.1 Å². The minimum atomic E-state index is -0.272. The van der Waals surface area contributed by atoms with Gasteiger partial charge < -0.3 is 5.32 Å². The lowest BCUT2D eigenvalue weighted by Crippen LogP contribution is -2.25. The van der Waals surface area contributed by atoms with E-state index >= 15 is 0 Å². The summed E-state index contributed by atoms with van der Waals surface area (Å²) in [5.41, 5.74) is 2.16. The molecule has 0 saturated carbocycles. The zero-order chi connectivity index (χ0) is 16.1. The number of amides is 1. The molecule has 0 aliphatic heterocycles. The molecule has 0 aliphatic rings. The van der Waals surface area contributed by atoms with E-state index in [0.717, 1.165) is 11.1 Å². The number of nitrogens with one attached hydrogen (secondary N) is 2. The molecule has 0 fully saturated rings. The van der Waals surface area contributed by atoms with E-state index in [2.05, 4.69) is 25.9 Å². The van der Waals surface area contributed by atoms with E-state index < -0.39 is 0 Å². The number of halogens is 1. The second kappa shape index (κ2) is 6.78. The summed E-state index contributed by atoms with van der Waals surface area (Å²) in [7, 11) is 0. The van der Waals surface area contributed by atoms with E-state index in [4.69, 9.17) is 0 Å². The van der Waals surface area contributed by atoms with E-state index in [1.807, 2.05) is 6.07 Å². The first-order valence-electron chi connectivity index (χ1n) is 7.09. The number of carbonyl (C=O) groups is 1. The van der Waals surface area contributed by atoms with E-state index in [0.29, 0.717) is 24.4 Å². The Balaban J connectivity index is 1.56. The molecule has 0 aliphatic carbocycles.